The molecule has 2 rings (SSSR count). The largest absolute Gasteiger partial charge is 0.399 e. The van der Waals surface area contributed by atoms with Gasteiger partial charge in [0.25, 0.3) is 0 Å². The molecule has 0 amide bonds. The van der Waals surface area contributed by atoms with Gasteiger partial charge in [-0.15, -0.1) is 0 Å². The van der Waals surface area contributed by atoms with Gasteiger partial charge in [0.05, 0.1) is 0 Å². The molecule has 98 valence electrons. The van der Waals surface area contributed by atoms with E-state index < -0.39 is 0 Å². The van der Waals surface area contributed by atoms with Crippen LogP contribution in [0.4, 0.5) is 22.7 Å². The molecule has 0 aliphatic carbocycles. The van der Waals surface area contributed by atoms with E-state index in [1.807, 2.05) is 43.3 Å². The van der Waals surface area contributed by atoms with Crippen molar-refractivity contribution in [3.63, 3.8) is 0 Å². The van der Waals surface area contributed by atoms with Crippen molar-refractivity contribution in [3.05, 3.63) is 54.1 Å². The fourth-order valence-corrected chi connectivity index (χ4v) is 1.87. The second-order valence-electron chi connectivity index (χ2n) is 4.30. The second kappa shape index (κ2) is 5.35. The van der Waals surface area contributed by atoms with Gasteiger partial charge in [0.2, 0.25) is 0 Å². The predicted molar refractivity (Wildman–Crippen MR) is 83.4 cm³/mol. The molecule has 4 nitrogen and oxygen atoms in total. The fraction of sp³-hybridized carbons (Fsp3) is 0.0667. The summed E-state index contributed by atoms with van der Waals surface area (Å²) in [7, 11) is 0. The Kier molecular flexibility index (Phi) is 3.61. The summed E-state index contributed by atoms with van der Waals surface area (Å²) < 4.78 is 0. The Bertz CT molecular complexity index is 617. The monoisotopic (exact) mass is 254 g/mol. The molecule has 0 atom stereocenters. The number of rotatable bonds is 3. The van der Waals surface area contributed by atoms with Crippen molar-refractivity contribution in [3.8, 4) is 0 Å². The molecule has 4 heteroatoms. The van der Waals surface area contributed by atoms with E-state index in [0.717, 1.165) is 16.9 Å². The van der Waals surface area contributed by atoms with Crippen LogP contribution < -0.4 is 22.5 Å². The summed E-state index contributed by atoms with van der Waals surface area (Å²) >= 11 is 0. The van der Waals surface area contributed by atoms with E-state index in [0.29, 0.717) is 17.1 Å². The Morgan fingerprint density at radius 1 is 1.00 bits per heavy atom. The third kappa shape index (κ3) is 2.98. The number of nitrogens with two attached hydrogens (primary N) is 3. The van der Waals surface area contributed by atoms with Gasteiger partial charge in [-0.05, 0) is 43.3 Å². The maximum Gasteiger partial charge on any atom is 0.0436 e. The van der Waals surface area contributed by atoms with E-state index in [1.165, 1.54) is 0 Å². The standard InChI is InChI=1S/C15H18N4/c1-2-15(13-9-11(17)6-7-14(13)18)19-12-5-3-4-10(16)8-12/h2-9,19H,16-18H2,1H3/b15-2+. The summed E-state index contributed by atoms with van der Waals surface area (Å²) in [5.74, 6) is 0. The molecule has 0 aromatic heterocycles. The van der Waals surface area contributed by atoms with Crippen LogP contribution in [0.25, 0.3) is 5.70 Å². The van der Waals surface area contributed by atoms with Crippen LogP contribution in [-0.4, -0.2) is 0 Å². The smallest absolute Gasteiger partial charge is 0.0436 e. The molecule has 0 radical (unpaired) electrons. The van der Waals surface area contributed by atoms with Crippen molar-refractivity contribution in [1.82, 2.24) is 0 Å². The van der Waals surface area contributed by atoms with Gasteiger partial charge in [-0.2, -0.15) is 0 Å². The third-order valence-electron chi connectivity index (χ3n) is 2.82. The summed E-state index contributed by atoms with van der Waals surface area (Å²) in [5.41, 5.74) is 22.3. The minimum Gasteiger partial charge on any atom is -0.399 e. The van der Waals surface area contributed by atoms with Gasteiger partial charge in [0, 0.05) is 34.0 Å². The molecule has 0 spiro atoms. The van der Waals surface area contributed by atoms with E-state index in [-0.39, 0.29) is 0 Å². The molecular weight excluding hydrogens is 236 g/mol. The summed E-state index contributed by atoms with van der Waals surface area (Å²) in [6.07, 6.45) is 1.95. The molecule has 0 fully saturated rings. The number of nitrogens with one attached hydrogen (secondary N) is 1. The van der Waals surface area contributed by atoms with Crippen LogP contribution in [0.3, 0.4) is 0 Å². The van der Waals surface area contributed by atoms with Crippen molar-refractivity contribution in [2.45, 2.75) is 6.92 Å². The molecular formula is C15H18N4. The van der Waals surface area contributed by atoms with Gasteiger partial charge >= 0.3 is 0 Å². The highest BCUT2D eigenvalue weighted by Gasteiger charge is 2.06. The van der Waals surface area contributed by atoms with Gasteiger partial charge in [-0.1, -0.05) is 12.1 Å². The lowest BCUT2D eigenvalue weighted by molar-refractivity contribution is 1.51. The van der Waals surface area contributed by atoms with Crippen LogP contribution in [0.5, 0.6) is 0 Å². The SMILES string of the molecule is C/C=C(/Nc1cccc(N)c1)c1cc(N)ccc1N. The first kappa shape index (κ1) is 12.8. The molecule has 0 aliphatic heterocycles. The molecule has 2 aromatic rings. The topological polar surface area (TPSA) is 90.1 Å². The molecule has 2 aromatic carbocycles. The Hall–Kier alpha value is -2.62. The molecule has 0 aliphatic rings. The van der Waals surface area contributed by atoms with Crippen molar-refractivity contribution < 1.29 is 0 Å². The number of anilines is 4. The zero-order valence-corrected chi connectivity index (χ0v) is 10.9. The van der Waals surface area contributed by atoms with Gasteiger partial charge in [0.1, 0.15) is 0 Å². The number of benzene rings is 2. The van der Waals surface area contributed by atoms with E-state index in [9.17, 15) is 0 Å². The van der Waals surface area contributed by atoms with E-state index in [2.05, 4.69) is 5.32 Å². The average Bonchev–Trinajstić information content (AvgIpc) is 2.39. The van der Waals surface area contributed by atoms with Gasteiger partial charge in [-0.25, -0.2) is 0 Å². The van der Waals surface area contributed by atoms with Crippen LogP contribution in [0.1, 0.15) is 12.5 Å². The summed E-state index contributed by atoms with van der Waals surface area (Å²) in [6, 6.07) is 13.0. The van der Waals surface area contributed by atoms with Crippen molar-refractivity contribution in [2.24, 2.45) is 0 Å². The highest BCUT2D eigenvalue weighted by molar-refractivity contribution is 5.84. The lowest BCUT2D eigenvalue weighted by atomic mass is 10.1. The minimum absolute atomic E-state index is 0.679. The molecule has 0 heterocycles. The summed E-state index contributed by atoms with van der Waals surface area (Å²) in [5, 5.41) is 3.30. The highest BCUT2D eigenvalue weighted by atomic mass is 14.9. The molecule has 0 saturated carbocycles. The first-order valence-electron chi connectivity index (χ1n) is 6.04. The first-order valence-corrected chi connectivity index (χ1v) is 6.04. The lowest BCUT2D eigenvalue weighted by Crippen LogP contribution is -2.03. The Labute approximate surface area is 112 Å². The summed E-state index contributed by atoms with van der Waals surface area (Å²) in [6.45, 7) is 1.94. The Morgan fingerprint density at radius 2 is 1.74 bits per heavy atom. The van der Waals surface area contributed by atoms with Gasteiger partial charge in [-0.3, -0.25) is 0 Å². The van der Waals surface area contributed by atoms with Crippen molar-refractivity contribution in [2.75, 3.05) is 22.5 Å². The number of allylic oxidation sites excluding steroid dienone is 1. The Balaban J connectivity index is 2.33. The maximum atomic E-state index is 5.99. The zero-order valence-electron chi connectivity index (χ0n) is 10.9. The normalized spacial score (nSPS) is 11.3. The van der Waals surface area contributed by atoms with Crippen LogP contribution >= 0.6 is 0 Å². The third-order valence-corrected chi connectivity index (χ3v) is 2.82. The predicted octanol–water partition coefficient (Wildman–Crippen LogP) is 2.91. The number of nitrogen functional groups attached to an aromatic ring is 3. The number of hydrogen-bond acceptors (Lipinski definition) is 4. The van der Waals surface area contributed by atoms with Crippen LogP contribution in [0.15, 0.2) is 48.5 Å². The fourth-order valence-electron chi connectivity index (χ4n) is 1.87. The van der Waals surface area contributed by atoms with Crippen LogP contribution in [0.2, 0.25) is 0 Å². The van der Waals surface area contributed by atoms with Gasteiger partial charge in [0.15, 0.2) is 0 Å². The molecule has 0 saturated heterocycles. The van der Waals surface area contributed by atoms with Crippen molar-refractivity contribution >= 4 is 28.4 Å². The lowest BCUT2D eigenvalue weighted by Gasteiger charge is -2.14. The first-order chi connectivity index (χ1) is 9.10. The van der Waals surface area contributed by atoms with Crippen molar-refractivity contribution in [1.29, 1.82) is 0 Å². The zero-order chi connectivity index (χ0) is 13.8. The molecule has 0 unspecified atom stereocenters. The van der Waals surface area contributed by atoms with E-state index in [4.69, 9.17) is 17.2 Å². The maximum absolute atomic E-state index is 5.99. The van der Waals surface area contributed by atoms with Gasteiger partial charge < -0.3 is 22.5 Å². The highest BCUT2D eigenvalue weighted by Crippen LogP contribution is 2.26. The molecule has 19 heavy (non-hydrogen) atoms. The average molecular weight is 254 g/mol. The van der Waals surface area contributed by atoms with E-state index in [1.54, 1.807) is 12.1 Å². The summed E-state index contributed by atoms with van der Waals surface area (Å²) in [4.78, 5) is 0. The number of hydrogen-bond donors (Lipinski definition) is 4. The molecule has 0 bridgehead atoms. The molecule has 7 N–H and O–H groups in total. The van der Waals surface area contributed by atoms with Crippen LogP contribution in [-0.2, 0) is 0 Å². The quantitative estimate of drug-likeness (QED) is 0.634. The minimum atomic E-state index is 0.679. The second-order valence-corrected chi connectivity index (χ2v) is 4.30. The Morgan fingerprint density at radius 3 is 2.42 bits per heavy atom. The van der Waals surface area contributed by atoms with E-state index >= 15 is 0 Å². The van der Waals surface area contributed by atoms with Crippen LogP contribution in [0, 0.1) is 0 Å².